The zero-order valence-electron chi connectivity index (χ0n) is 21.1. The molecule has 1 atom stereocenters. The van der Waals surface area contributed by atoms with Crippen LogP contribution in [0.2, 0.25) is 0 Å². The normalized spacial score (nSPS) is 21.9. The van der Waals surface area contributed by atoms with Gasteiger partial charge in [0.25, 0.3) is 0 Å². The van der Waals surface area contributed by atoms with Crippen LogP contribution in [-0.4, -0.2) is 65.3 Å². The fourth-order valence-electron chi connectivity index (χ4n) is 4.96. The summed E-state index contributed by atoms with van der Waals surface area (Å²) in [6, 6.07) is 3.76. The number of nitrogens with two attached hydrogens (primary N) is 1. The standard InChI is InChI=1S/C27H39N5O3/c1-19(2)25(28)30-27(34)32-15-11-20(12-16-32)18-35-23-9-10-24(29-17-23)21-5-7-22(8-6-21)26(33)31-13-3-4-14-31/h5,9-10,17,19-20,22H,3-4,6-8,11-16,18H2,1-2H3,(H2,28,30,34). The Morgan fingerprint density at radius 2 is 1.86 bits per heavy atom. The molecule has 2 aliphatic heterocycles. The Labute approximate surface area is 208 Å². The van der Waals surface area contributed by atoms with Gasteiger partial charge in [0.05, 0.1) is 18.5 Å². The molecular weight excluding hydrogens is 442 g/mol. The van der Waals surface area contributed by atoms with Crippen LogP contribution in [0.5, 0.6) is 5.75 Å². The van der Waals surface area contributed by atoms with Crippen molar-refractivity contribution >= 4 is 23.3 Å². The number of hydrogen-bond acceptors (Lipinski definition) is 4. The zero-order chi connectivity index (χ0) is 24.8. The van der Waals surface area contributed by atoms with Crippen LogP contribution in [0.1, 0.15) is 64.5 Å². The first-order chi connectivity index (χ1) is 16.9. The van der Waals surface area contributed by atoms with E-state index in [4.69, 9.17) is 10.5 Å². The van der Waals surface area contributed by atoms with Crippen molar-refractivity contribution in [1.82, 2.24) is 14.8 Å². The molecule has 3 amide bonds. The fraction of sp³-hybridized carbons (Fsp3) is 0.630. The Bertz CT molecular complexity index is 942. The number of ether oxygens (including phenoxy) is 1. The molecular formula is C27H39N5O3. The quantitative estimate of drug-likeness (QED) is 0.487. The first kappa shape index (κ1) is 25.2. The van der Waals surface area contributed by atoms with E-state index in [1.165, 1.54) is 5.57 Å². The van der Waals surface area contributed by atoms with Crippen molar-refractivity contribution in [2.75, 3.05) is 32.8 Å². The molecule has 3 heterocycles. The van der Waals surface area contributed by atoms with Crippen LogP contribution >= 0.6 is 0 Å². The van der Waals surface area contributed by atoms with Gasteiger partial charge in [0, 0.05) is 38.0 Å². The van der Waals surface area contributed by atoms with Crippen molar-refractivity contribution in [1.29, 1.82) is 0 Å². The summed E-state index contributed by atoms with van der Waals surface area (Å²) in [6.07, 6.45) is 10.6. The largest absolute Gasteiger partial charge is 0.492 e. The van der Waals surface area contributed by atoms with E-state index in [1.807, 2.05) is 30.9 Å². The molecule has 1 unspecified atom stereocenters. The topological polar surface area (TPSA) is 101 Å². The SMILES string of the molecule is CC(C)/C(N)=N/C(=O)N1CCC(COc2ccc(C3=CCC(C(=O)N4CCCC4)CC3)nc2)CC1. The molecule has 190 valence electrons. The molecule has 0 spiro atoms. The number of urea groups is 1. The van der Waals surface area contributed by atoms with E-state index in [-0.39, 0.29) is 17.9 Å². The van der Waals surface area contributed by atoms with Crippen molar-refractivity contribution in [3.63, 3.8) is 0 Å². The first-order valence-electron chi connectivity index (χ1n) is 13.1. The van der Waals surface area contributed by atoms with E-state index < -0.39 is 0 Å². The van der Waals surface area contributed by atoms with Crippen molar-refractivity contribution in [3.05, 3.63) is 30.1 Å². The van der Waals surface area contributed by atoms with Gasteiger partial charge < -0.3 is 20.3 Å². The van der Waals surface area contributed by atoms with Gasteiger partial charge in [-0.2, -0.15) is 4.99 Å². The number of carbonyl (C=O) groups excluding carboxylic acids is 2. The summed E-state index contributed by atoms with van der Waals surface area (Å²) in [6.45, 7) is 7.67. The third-order valence-corrected chi connectivity index (χ3v) is 7.43. The highest BCUT2D eigenvalue weighted by Crippen LogP contribution is 2.31. The summed E-state index contributed by atoms with van der Waals surface area (Å²) in [5.41, 5.74) is 8.01. The maximum Gasteiger partial charge on any atom is 0.345 e. The Kier molecular flexibility index (Phi) is 8.42. The lowest BCUT2D eigenvalue weighted by Gasteiger charge is -2.30. The van der Waals surface area contributed by atoms with E-state index in [0.717, 1.165) is 69.5 Å². The molecule has 4 rings (SSSR count). The van der Waals surface area contributed by atoms with E-state index in [2.05, 4.69) is 16.1 Å². The minimum atomic E-state index is -0.237. The number of aromatic nitrogens is 1. The Hall–Kier alpha value is -2.90. The summed E-state index contributed by atoms with van der Waals surface area (Å²) in [5.74, 6) is 2.07. The lowest BCUT2D eigenvalue weighted by atomic mass is 9.87. The molecule has 2 N–H and O–H groups in total. The number of carbonyl (C=O) groups is 2. The van der Waals surface area contributed by atoms with E-state index in [9.17, 15) is 9.59 Å². The molecule has 0 aromatic carbocycles. The van der Waals surface area contributed by atoms with Gasteiger partial charge in [-0.3, -0.25) is 9.78 Å². The summed E-state index contributed by atoms with van der Waals surface area (Å²) < 4.78 is 6.00. The molecule has 3 aliphatic rings. The Morgan fingerprint density at radius 1 is 1.11 bits per heavy atom. The minimum absolute atomic E-state index is 0.0696. The van der Waals surface area contributed by atoms with Crippen LogP contribution < -0.4 is 10.5 Å². The Balaban J connectivity index is 1.21. The maximum absolute atomic E-state index is 12.6. The number of amides is 3. The molecule has 1 aliphatic carbocycles. The van der Waals surface area contributed by atoms with Gasteiger partial charge in [0.15, 0.2) is 0 Å². The van der Waals surface area contributed by atoms with Crippen LogP contribution in [0.25, 0.3) is 5.57 Å². The zero-order valence-corrected chi connectivity index (χ0v) is 21.1. The van der Waals surface area contributed by atoms with Gasteiger partial charge in [0.1, 0.15) is 11.6 Å². The highest BCUT2D eigenvalue weighted by atomic mass is 16.5. The number of aliphatic imine (C=N–C) groups is 1. The van der Waals surface area contributed by atoms with E-state index in [1.54, 1.807) is 11.1 Å². The highest BCUT2D eigenvalue weighted by Gasteiger charge is 2.28. The molecule has 2 fully saturated rings. The third-order valence-electron chi connectivity index (χ3n) is 7.43. The fourth-order valence-corrected chi connectivity index (χ4v) is 4.96. The van der Waals surface area contributed by atoms with Crippen LogP contribution in [-0.2, 0) is 4.79 Å². The maximum atomic E-state index is 12.6. The second-order valence-corrected chi connectivity index (χ2v) is 10.3. The predicted octanol–water partition coefficient (Wildman–Crippen LogP) is 4.11. The average Bonchev–Trinajstić information content (AvgIpc) is 3.43. The van der Waals surface area contributed by atoms with Gasteiger partial charge in [-0.05, 0) is 68.6 Å². The number of hydrogen-bond donors (Lipinski definition) is 1. The van der Waals surface area contributed by atoms with Crippen LogP contribution in [0.3, 0.4) is 0 Å². The lowest BCUT2D eigenvalue weighted by Crippen LogP contribution is -2.39. The van der Waals surface area contributed by atoms with Gasteiger partial charge >= 0.3 is 6.03 Å². The number of pyridine rings is 1. The van der Waals surface area contributed by atoms with Crippen molar-refractivity contribution in [3.8, 4) is 5.75 Å². The summed E-state index contributed by atoms with van der Waals surface area (Å²) in [4.78, 5) is 37.3. The van der Waals surface area contributed by atoms with E-state index in [0.29, 0.717) is 37.4 Å². The van der Waals surface area contributed by atoms with Crippen molar-refractivity contribution in [2.45, 2.75) is 58.8 Å². The smallest absolute Gasteiger partial charge is 0.345 e. The lowest BCUT2D eigenvalue weighted by molar-refractivity contribution is -0.134. The first-order valence-corrected chi connectivity index (χ1v) is 13.1. The van der Waals surface area contributed by atoms with Crippen molar-refractivity contribution < 1.29 is 14.3 Å². The number of piperidine rings is 1. The number of amidine groups is 1. The molecule has 0 saturated carbocycles. The molecule has 1 aromatic rings. The number of likely N-dealkylation sites (tertiary alicyclic amines) is 2. The van der Waals surface area contributed by atoms with Gasteiger partial charge in [-0.1, -0.05) is 19.9 Å². The minimum Gasteiger partial charge on any atom is -0.492 e. The number of allylic oxidation sites excluding steroid dienone is 2. The molecule has 1 aromatic heterocycles. The summed E-state index contributed by atoms with van der Waals surface area (Å²) >= 11 is 0. The van der Waals surface area contributed by atoms with Gasteiger partial charge in [0.2, 0.25) is 5.91 Å². The second-order valence-electron chi connectivity index (χ2n) is 10.3. The average molecular weight is 482 g/mol. The van der Waals surface area contributed by atoms with E-state index >= 15 is 0 Å². The number of nitrogens with zero attached hydrogens (tertiary/aromatic N) is 4. The molecule has 8 nitrogen and oxygen atoms in total. The third kappa shape index (κ3) is 6.61. The monoisotopic (exact) mass is 481 g/mol. The molecule has 0 radical (unpaired) electrons. The van der Waals surface area contributed by atoms with Crippen molar-refractivity contribution in [2.24, 2.45) is 28.5 Å². The highest BCUT2D eigenvalue weighted by molar-refractivity contribution is 5.93. The summed E-state index contributed by atoms with van der Waals surface area (Å²) in [5, 5.41) is 0. The second kappa shape index (κ2) is 11.7. The molecule has 2 saturated heterocycles. The van der Waals surface area contributed by atoms with Crippen LogP contribution in [0.4, 0.5) is 4.79 Å². The van der Waals surface area contributed by atoms with Crippen LogP contribution in [0, 0.1) is 17.8 Å². The summed E-state index contributed by atoms with van der Waals surface area (Å²) in [7, 11) is 0. The van der Waals surface area contributed by atoms with Gasteiger partial charge in [-0.15, -0.1) is 0 Å². The van der Waals surface area contributed by atoms with Crippen LogP contribution in [0.15, 0.2) is 29.4 Å². The van der Waals surface area contributed by atoms with Gasteiger partial charge in [-0.25, -0.2) is 4.79 Å². The molecule has 8 heteroatoms. The number of rotatable bonds is 6. The predicted molar refractivity (Wildman–Crippen MR) is 137 cm³/mol. The Morgan fingerprint density at radius 3 is 2.46 bits per heavy atom. The molecule has 0 bridgehead atoms. The molecule has 35 heavy (non-hydrogen) atoms.